The lowest BCUT2D eigenvalue weighted by atomic mass is 10.3. The van der Waals surface area contributed by atoms with E-state index in [0.29, 0.717) is 19.6 Å². The van der Waals surface area contributed by atoms with Gasteiger partial charge in [0.05, 0.1) is 12.6 Å². The number of aliphatic hydroxyl groups is 1. The molecule has 1 aliphatic heterocycles. The molecule has 130 valence electrons. The molecule has 4 rings (SSSR count). The molecule has 3 aromatic heterocycles. The van der Waals surface area contributed by atoms with E-state index in [0.717, 1.165) is 36.0 Å². The molecular formula is C18H21N5O2. The highest BCUT2D eigenvalue weighted by Gasteiger charge is 2.22. The van der Waals surface area contributed by atoms with Crippen molar-refractivity contribution in [2.75, 3.05) is 31.1 Å². The fourth-order valence-corrected chi connectivity index (χ4v) is 3.21. The molecule has 0 aliphatic carbocycles. The number of β-amino-alcohol motifs (C(OH)–C–C–N with tert-alkyl or cyclic N) is 1. The van der Waals surface area contributed by atoms with E-state index in [1.807, 2.05) is 30.3 Å². The molecule has 2 N–H and O–H groups in total. The number of nitrogens with one attached hydrogen (secondary N) is 1. The zero-order valence-corrected chi connectivity index (χ0v) is 13.9. The summed E-state index contributed by atoms with van der Waals surface area (Å²) in [5.41, 5.74) is 1.96. The first-order valence-electron chi connectivity index (χ1n) is 8.42. The van der Waals surface area contributed by atoms with Gasteiger partial charge in [0.15, 0.2) is 5.76 Å². The van der Waals surface area contributed by atoms with Crippen molar-refractivity contribution in [2.45, 2.75) is 12.6 Å². The minimum absolute atomic E-state index is 0.405. The number of H-pyrrole nitrogens is 1. The van der Waals surface area contributed by atoms with E-state index in [1.54, 1.807) is 18.6 Å². The van der Waals surface area contributed by atoms with Crippen molar-refractivity contribution in [3.05, 3.63) is 54.7 Å². The van der Waals surface area contributed by atoms with E-state index in [4.69, 9.17) is 4.42 Å². The Labute approximate surface area is 145 Å². The number of hydrogen-bond donors (Lipinski definition) is 2. The second kappa shape index (κ2) is 7.08. The molecule has 7 nitrogen and oxygen atoms in total. The van der Waals surface area contributed by atoms with Gasteiger partial charge in [0.2, 0.25) is 0 Å². The molecule has 7 heteroatoms. The molecule has 1 saturated heterocycles. The Morgan fingerprint density at radius 3 is 2.76 bits per heavy atom. The second-order valence-corrected chi connectivity index (χ2v) is 6.28. The van der Waals surface area contributed by atoms with Gasteiger partial charge in [-0.3, -0.25) is 15.0 Å². The van der Waals surface area contributed by atoms with Crippen LogP contribution in [0.1, 0.15) is 5.76 Å². The monoisotopic (exact) mass is 339 g/mol. The molecule has 4 heterocycles. The van der Waals surface area contributed by atoms with Crippen molar-refractivity contribution in [3.63, 3.8) is 0 Å². The molecule has 0 amide bonds. The third kappa shape index (κ3) is 3.72. The molecule has 25 heavy (non-hydrogen) atoms. The summed E-state index contributed by atoms with van der Waals surface area (Å²) in [6, 6.07) is 9.76. The maximum absolute atomic E-state index is 10.4. The average molecular weight is 339 g/mol. The Hall–Kier alpha value is -2.64. The van der Waals surface area contributed by atoms with Crippen molar-refractivity contribution in [3.8, 4) is 11.5 Å². The highest BCUT2D eigenvalue weighted by atomic mass is 16.3. The third-order valence-electron chi connectivity index (χ3n) is 4.42. The molecule has 0 radical (unpaired) electrons. The normalized spacial score (nSPS) is 19.1. The van der Waals surface area contributed by atoms with Gasteiger partial charge in [-0.1, -0.05) is 0 Å². The number of aromatic amines is 1. The van der Waals surface area contributed by atoms with Crippen molar-refractivity contribution in [2.24, 2.45) is 0 Å². The largest absolute Gasteiger partial charge is 0.458 e. The second-order valence-electron chi connectivity index (χ2n) is 6.28. The summed E-state index contributed by atoms with van der Waals surface area (Å²) in [5.74, 6) is 1.66. The predicted octanol–water partition coefficient (Wildman–Crippen LogP) is 1.75. The smallest absolute Gasteiger partial charge is 0.152 e. The Balaban J connectivity index is 1.42. The number of aromatic nitrogens is 3. The first-order chi connectivity index (χ1) is 12.3. The Morgan fingerprint density at radius 1 is 1.08 bits per heavy atom. The van der Waals surface area contributed by atoms with Gasteiger partial charge in [0.1, 0.15) is 11.5 Å². The summed E-state index contributed by atoms with van der Waals surface area (Å²) in [5, 5.41) is 17.2. The molecule has 1 fully saturated rings. The van der Waals surface area contributed by atoms with Crippen LogP contribution in [-0.4, -0.2) is 57.5 Å². The first-order valence-corrected chi connectivity index (χ1v) is 8.42. The number of anilines is 1. The number of hydrogen-bond acceptors (Lipinski definition) is 6. The Morgan fingerprint density at radius 2 is 1.96 bits per heavy atom. The van der Waals surface area contributed by atoms with E-state index in [-0.39, 0.29) is 0 Å². The minimum atomic E-state index is -0.405. The van der Waals surface area contributed by atoms with Crippen molar-refractivity contribution in [1.29, 1.82) is 0 Å². The van der Waals surface area contributed by atoms with Crippen molar-refractivity contribution < 1.29 is 9.52 Å². The zero-order valence-electron chi connectivity index (χ0n) is 13.9. The standard InChI is InChI=1S/C18H21N5O2/c24-15-11-22(9-10-23(12-15)14-3-6-19-7-4-14)13-16-1-2-18(25-16)17-5-8-20-21-17/h1-8,15,24H,9-13H2,(H,20,21)/t15-/m0/s1. The van der Waals surface area contributed by atoms with Gasteiger partial charge in [-0.25, -0.2) is 0 Å². The van der Waals surface area contributed by atoms with Crippen LogP contribution in [0.25, 0.3) is 11.5 Å². The van der Waals surface area contributed by atoms with Crippen LogP contribution >= 0.6 is 0 Å². The quantitative estimate of drug-likeness (QED) is 0.754. The van der Waals surface area contributed by atoms with Gasteiger partial charge in [-0.05, 0) is 30.3 Å². The van der Waals surface area contributed by atoms with Gasteiger partial charge in [-0.15, -0.1) is 0 Å². The molecular weight excluding hydrogens is 318 g/mol. The minimum Gasteiger partial charge on any atom is -0.458 e. The highest BCUT2D eigenvalue weighted by Crippen LogP contribution is 2.21. The van der Waals surface area contributed by atoms with Crippen LogP contribution in [0.5, 0.6) is 0 Å². The number of furan rings is 1. The summed E-state index contributed by atoms with van der Waals surface area (Å²) in [6.45, 7) is 3.64. The van der Waals surface area contributed by atoms with Crippen LogP contribution in [0.3, 0.4) is 0 Å². The molecule has 1 atom stereocenters. The van der Waals surface area contributed by atoms with Crippen LogP contribution in [-0.2, 0) is 6.54 Å². The van der Waals surface area contributed by atoms with E-state index in [1.165, 1.54) is 0 Å². The number of aliphatic hydroxyl groups excluding tert-OH is 1. The molecule has 0 saturated carbocycles. The number of rotatable bonds is 4. The molecule has 0 spiro atoms. The Kier molecular flexibility index (Phi) is 4.49. The predicted molar refractivity (Wildman–Crippen MR) is 94.0 cm³/mol. The van der Waals surface area contributed by atoms with Crippen LogP contribution in [0.15, 0.2) is 53.3 Å². The maximum atomic E-state index is 10.4. The first kappa shape index (κ1) is 15.9. The van der Waals surface area contributed by atoms with Crippen molar-refractivity contribution >= 4 is 5.69 Å². The summed E-state index contributed by atoms with van der Waals surface area (Å²) in [6.07, 6.45) is 4.86. The fraction of sp³-hybridized carbons (Fsp3) is 0.333. The lowest BCUT2D eigenvalue weighted by Crippen LogP contribution is -2.33. The lowest BCUT2D eigenvalue weighted by molar-refractivity contribution is 0.125. The maximum Gasteiger partial charge on any atom is 0.152 e. The number of nitrogens with zero attached hydrogens (tertiary/aromatic N) is 4. The van der Waals surface area contributed by atoms with Gasteiger partial charge in [0.25, 0.3) is 0 Å². The topological polar surface area (TPSA) is 81.4 Å². The van der Waals surface area contributed by atoms with Gasteiger partial charge >= 0.3 is 0 Å². The van der Waals surface area contributed by atoms with Crippen LogP contribution in [0, 0.1) is 0 Å². The fourth-order valence-electron chi connectivity index (χ4n) is 3.21. The van der Waals surface area contributed by atoms with Gasteiger partial charge in [0, 0.05) is 50.5 Å². The summed E-state index contributed by atoms with van der Waals surface area (Å²) in [4.78, 5) is 8.48. The lowest BCUT2D eigenvalue weighted by Gasteiger charge is -2.23. The molecule has 0 bridgehead atoms. The Bertz CT molecular complexity index is 787. The summed E-state index contributed by atoms with van der Waals surface area (Å²) in [7, 11) is 0. The molecule has 0 aromatic carbocycles. The van der Waals surface area contributed by atoms with Crippen LogP contribution < -0.4 is 4.90 Å². The van der Waals surface area contributed by atoms with E-state index < -0.39 is 6.10 Å². The molecule has 0 unspecified atom stereocenters. The van der Waals surface area contributed by atoms with Crippen LogP contribution in [0.4, 0.5) is 5.69 Å². The van der Waals surface area contributed by atoms with Gasteiger partial charge in [-0.2, -0.15) is 5.10 Å². The molecule has 3 aromatic rings. The SMILES string of the molecule is O[C@H]1CN(Cc2ccc(-c3ccn[nH]3)o2)CCN(c2ccncc2)C1. The number of pyridine rings is 1. The third-order valence-corrected chi connectivity index (χ3v) is 4.42. The van der Waals surface area contributed by atoms with E-state index in [9.17, 15) is 5.11 Å². The highest BCUT2D eigenvalue weighted by molar-refractivity contribution is 5.51. The molecule has 1 aliphatic rings. The summed E-state index contributed by atoms with van der Waals surface area (Å²) < 4.78 is 5.90. The summed E-state index contributed by atoms with van der Waals surface area (Å²) >= 11 is 0. The van der Waals surface area contributed by atoms with Gasteiger partial charge < -0.3 is 14.4 Å². The van der Waals surface area contributed by atoms with Crippen LogP contribution in [0.2, 0.25) is 0 Å². The average Bonchev–Trinajstić information content (AvgIpc) is 3.27. The zero-order chi connectivity index (χ0) is 17.1. The van der Waals surface area contributed by atoms with Crippen molar-refractivity contribution in [1.82, 2.24) is 20.1 Å². The van der Waals surface area contributed by atoms with E-state index in [2.05, 4.69) is 25.0 Å². The van der Waals surface area contributed by atoms with E-state index >= 15 is 0 Å².